The Labute approximate surface area is 120 Å². The number of hydrogen-bond acceptors (Lipinski definition) is 2. The van der Waals surface area contributed by atoms with Gasteiger partial charge in [0.25, 0.3) is 0 Å². The molecule has 2 rings (SSSR count). The van der Waals surface area contributed by atoms with Gasteiger partial charge >= 0.3 is 6.03 Å². The third-order valence-electron chi connectivity index (χ3n) is 3.60. The number of amides is 2. The van der Waals surface area contributed by atoms with Crippen LogP contribution in [0.4, 0.5) is 4.79 Å². The van der Waals surface area contributed by atoms with Gasteiger partial charge in [0.1, 0.15) is 5.75 Å². The van der Waals surface area contributed by atoms with Crippen molar-refractivity contribution in [2.24, 2.45) is 0 Å². The maximum atomic E-state index is 11.8. The molecule has 0 aromatic heterocycles. The lowest BCUT2D eigenvalue weighted by Gasteiger charge is -2.22. The first-order chi connectivity index (χ1) is 9.78. The Balaban J connectivity index is 1.76. The molecule has 1 aromatic carbocycles. The smallest absolute Gasteiger partial charge is 0.315 e. The summed E-state index contributed by atoms with van der Waals surface area (Å²) in [4.78, 5) is 11.8. The van der Waals surface area contributed by atoms with Crippen molar-refractivity contribution in [3.63, 3.8) is 0 Å². The molecule has 0 spiro atoms. The minimum atomic E-state index is -0.0706. The van der Waals surface area contributed by atoms with E-state index in [9.17, 15) is 4.79 Å². The highest BCUT2D eigenvalue weighted by Crippen LogP contribution is 2.17. The fourth-order valence-electron chi connectivity index (χ4n) is 2.58. The van der Waals surface area contributed by atoms with Crippen LogP contribution in [0.25, 0.3) is 0 Å². The molecule has 1 aliphatic rings. The fourth-order valence-corrected chi connectivity index (χ4v) is 2.58. The van der Waals surface area contributed by atoms with Gasteiger partial charge in [-0.05, 0) is 37.5 Å². The molecule has 1 saturated carbocycles. The lowest BCUT2D eigenvalue weighted by Crippen LogP contribution is -2.42. The zero-order valence-corrected chi connectivity index (χ0v) is 12.2. The molecule has 110 valence electrons. The number of ether oxygens (including phenoxy) is 1. The number of urea groups is 1. The van der Waals surface area contributed by atoms with Crippen molar-refractivity contribution in [1.82, 2.24) is 10.6 Å². The van der Waals surface area contributed by atoms with Crippen LogP contribution in [0.5, 0.6) is 5.75 Å². The Hall–Kier alpha value is -1.71. The van der Waals surface area contributed by atoms with Gasteiger partial charge in [-0.25, -0.2) is 4.79 Å². The number of rotatable bonds is 5. The van der Waals surface area contributed by atoms with E-state index in [4.69, 9.17) is 4.74 Å². The average Bonchev–Trinajstić information content (AvgIpc) is 2.47. The minimum absolute atomic E-state index is 0.0706. The zero-order chi connectivity index (χ0) is 14.2. The van der Waals surface area contributed by atoms with Crippen molar-refractivity contribution < 1.29 is 9.53 Å². The summed E-state index contributed by atoms with van der Waals surface area (Å²) in [6, 6.07) is 8.10. The predicted octanol–water partition coefficient (Wildman–Crippen LogP) is 3.22. The highest BCUT2D eigenvalue weighted by atomic mass is 16.5. The van der Waals surface area contributed by atoms with Crippen LogP contribution in [-0.2, 0) is 6.54 Å². The molecule has 20 heavy (non-hydrogen) atoms. The molecule has 0 atom stereocenters. The van der Waals surface area contributed by atoms with E-state index in [2.05, 4.69) is 10.6 Å². The second-order valence-electron chi connectivity index (χ2n) is 5.24. The van der Waals surface area contributed by atoms with Gasteiger partial charge in [0.2, 0.25) is 0 Å². The van der Waals surface area contributed by atoms with Crippen LogP contribution in [0.1, 0.15) is 44.6 Å². The number of hydrogen-bond donors (Lipinski definition) is 2. The number of carbonyl (C=O) groups excluding carboxylic acids is 1. The van der Waals surface area contributed by atoms with Crippen molar-refractivity contribution in [2.45, 2.75) is 51.6 Å². The van der Waals surface area contributed by atoms with Crippen LogP contribution < -0.4 is 15.4 Å². The largest absolute Gasteiger partial charge is 0.494 e. The molecular weight excluding hydrogens is 252 g/mol. The van der Waals surface area contributed by atoms with E-state index in [1.807, 2.05) is 31.2 Å². The summed E-state index contributed by atoms with van der Waals surface area (Å²) >= 11 is 0. The zero-order valence-electron chi connectivity index (χ0n) is 12.2. The fraction of sp³-hybridized carbons (Fsp3) is 0.562. The van der Waals surface area contributed by atoms with Gasteiger partial charge in [-0.3, -0.25) is 0 Å². The SMILES string of the molecule is CCOc1cccc(CNC(=O)NC2CCCCC2)c1. The number of benzene rings is 1. The van der Waals surface area contributed by atoms with Crippen LogP contribution >= 0.6 is 0 Å². The summed E-state index contributed by atoms with van der Waals surface area (Å²) in [5.41, 5.74) is 1.05. The average molecular weight is 276 g/mol. The molecule has 4 heteroatoms. The van der Waals surface area contributed by atoms with Crippen molar-refractivity contribution in [2.75, 3.05) is 6.61 Å². The van der Waals surface area contributed by atoms with E-state index in [1.165, 1.54) is 19.3 Å². The van der Waals surface area contributed by atoms with Crippen LogP contribution in [0, 0.1) is 0 Å². The highest BCUT2D eigenvalue weighted by molar-refractivity contribution is 5.74. The molecular formula is C16H24N2O2. The van der Waals surface area contributed by atoms with Crippen LogP contribution in [-0.4, -0.2) is 18.7 Å². The first-order valence-electron chi connectivity index (χ1n) is 7.54. The molecule has 1 aliphatic carbocycles. The molecule has 2 amide bonds. The van der Waals surface area contributed by atoms with Gasteiger partial charge in [0, 0.05) is 12.6 Å². The summed E-state index contributed by atoms with van der Waals surface area (Å²) in [5, 5.41) is 5.96. The van der Waals surface area contributed by atoms with E-state index in [-0.39, 0.29) is 6.03 Å². The maximum absolute atomic E-state index is 11.8. The van der Waals surface area contributed by atoms with E-state index in [1.54, 1.807) is 0 Å². The van der Waals surface area contributed by atoms with Crippen molar-refractivity contribution >= 4 is 6.03 Å². The van der Waals surface area contributed by atoms with Gasteiger partial charge in [-0.15, -0.1) is 0 Å². The minimum Gasteiger partial charge on any atom is -0.494 e. The van der Waals surface area contributed by atoms with E-state index in [0.717, 1.165) is 24.2 Å². The van der Waals surface area contributed by atoms with Crippen LogP contribution in [0.15, 0.2) is 24.3 Å². The molecule has 0 saturated heterocycles. The third-order valence-corrected chi connectivity index (χ3v) is 3.60. The molecule has 0 unspecified atom stereocenters. The quantitative estimate of drug-likeness (QED) is 0.867. The second-order valence-corrected chi connectivity index (χ2v) is 5.24. The predicted molar refractivity (Wildman–Crippen MR) is 79.9 cm³/mol. The monoisotopic (exact) mass is 276 g/mol. The van der Waals surface area contributed by atoms with E-state index >= 15 is 0 Å². The van der Waals surface area contributed by atoms with E-state index < -0.39 is 0 Å². The molecule has 0 heterocycles. The Morgan fingerprint density at radius 1 is 1.30 bits per heavy atom. The molecule has 1 aromatic rings. The second kappa shape index (κ2) is 7.78. The van der Waals surface area contributed by atoms with Crippen molar-refractivity contribution in [1.29, 1.82) is 0 Å². The Bertz CT molecular complexity index is 428. The van der Waals surface area contributed by atoms with Crippen LogP contribution in [0.3, 0.4) is 0 Å². The van der Waals surface area contributed by atoms with E-state index in [0.29, 0.717) is 19.2 Å². The molecule has 1 fully saturated rings. The summed E-state index contributed by atoms with van der Waals surface area (Å²) < 4.78 is 5.45. The lowest BCUT2D eigenvalue weighted by atomic mass is 9.96. The number of carbonyl (C=O) groups is 1. The third kappa shape index (κ3) is 4.76. The van der Waals surface area contributed by atoms with Gasteiger partial charge < -0.3 is 15.4 Å². The molecule has 0 aliphatic heterocycles. The van der Waals surface area contributed by atoms with Gasteiger partial charge in [-0.1, -0.05) is 31.4 Å². The summed E-state index contributed by atoms with van der Waals surface area (Å²) in [7, 11) is 0. The first kappa shape index (κ1) is 14.7. The molecule has 0 radical (unpaired) electrons. The topological polar surface area (TPSA) is 50.4 Å². The van der Waals surface area contributed by atoms with Gasteiger partial charge in [0.15, 0.2) is 0 Å². The highest BCUT2D eigenvalue weighted by Gasteiger charge is 2.15. The normalized spacial score (nSPS) is 15.7. The molecule has 0 bridgehead atoms. The van der Waals surface area contributed by atoms with Gasteiger partial charge in [-0.2, -0.15) is 0 Å². The summed E-state index contributed by atoms with van der Waals surface area (Å²) in [6.07, 6.45) is 5.95. The summed E-state index contributed by atoms with van der Waals surface area (Å²) in [5.74, 6) is 0.847. The summed E-state index contributed by atoms with van der Waals surface area (Å²) in [6.45, 7) is 3.14. The number of nitrogens with one attached hydrogen (secondary N) is 2. The standard InChI is InChI=1S/C16H24N2O2/c1-2-20-15-10-6-7-13(11-15)12-17-16(19)18-14-8-4-3-5-9-14/h6-7,10-11,14H,2-5,8-9,12H2,1H3,(H2,17,18,19). The van der Waals surface area contributed by atoms with Crippen molar-refractivity contribution in [3.8, 4) is 5.75 Å². The Morgan fingerprint density at radius 2 is 2.10 bits per heavy atom. The van der Waals surface area contributed by atoms with Crippen molar-refractivity contribution in [3.05, 3.63) is 29.8 Å². The molecule has 2 N–H and O–H groups in total. The van der Waals surface area contributed by atoms with Gasteiger partial charge in [0.05, 0.1) is 6.61 Å². The maximum Gasteiger partial charge on any atom is 0.315 e. The van der Waals surface area contributed by atoms with Crippen LogP contribution in [0.2, 0.25) is 0 Å². The molecule has 4 nitrogen and oxygen atoms in total. The lowest BCUT2D eigenvalue weighted by molar-refractivity contribution is 0.232. The first-order valence-corrected chi connectivity index (χ1v) is 7.54. The Morgan fingerprint density at radius 3 is 2.85 bits per heavy atom. The Kier molecular flexibility index (Phi) is 5.71.